The summed E-state index contributed by atoms with van der Waals surface area (Å²) in [4.78, 5) is 29.9. The smallest absolute Gasteiger partial charge is 0.324 e. The first-order valence-corrected chi connectivity index (χ1v) is 14.0. The number of benzene rings is 3. The molecule has 39 heavy (non-hydrogen) atoms. The van der Waals surface area contributed by atoms with Crippen LogP contribution in [0.1, 0.15) is 43.4 Å². The van der Waals surface area contributed by atoms with Crippen molar-refractivity contribution in [2.75, 3.05) is 6.61 Å². The molecule has 3 aromatic carbocycles. The van der Waals surface area contributed by atoms with Gasteiger partial charge in [-0.2, -0.15) is 0 Å². The molecule has 0 radical (unpaired) electrons. The maximum absolute atomic E-state index is 13.3. The summed E-state index contributed by atoms with van der Waals surface area (Å²) in [5.41, 5.74) is 3.19. The number of H-pyrrole nitrogens is 1. The van der Waals surface area contributed by atoms with Crippen LogP contribution < -0.4 is 9.47 Å². The number of carbonyl (C=O) groups excluding carboxylic acids is 2. The fourth-order valence-corrected chi connectivity index (χ4v) is 5.81. The zero-order chi connectivity index (χ0) is 27.7. The Kier molecular flexibility index (Phi) is 7.77. The van der Waals surface area contributed by atoms with E-state index in [2.05, 4.69) is 27.6 Å². The highest BCUT2D eigenvalue weighted by Gasteiger charge is 2.49. The number of nitrogens with one attached hydrogen (secondary N) is 1. The normalized spacial score (nSPS) is 16.0. The highest BCUT2D eigenvalue weighted by Crippen LogP contribution is 2.45. The number of esters is 2. The van der Waals surface area contributed by atoms with E-state index >= 15 is 0 Å². The van der Waals surface area contributed by atoms with Gasteiger partial charge in [0.2, 0.25) is 0 Å². The summed E-state index contributed by atoms with van der Waals surface area (Å²) in [7, 11) is 0. The lowest BCUT2D eigenvalue weighted by molar-refractivity contribution is -0.240. The number of hydrogen-bond acceptors (Lipinski definition) is 6. The van der Waals surface area contributed by atoms with Crippen molar-refractivity contribution in [2.45, 2.75) is 39.1 Å². The van der Waals surface area contributed by atoms with Gasteiger partial charge in [-0.15, -0.1) is 0 Å². The number of aromatic nitrogens is 1. The second-order valence-corrected chi connectivity index (χ2v) is 11.2. The SMILES string of the molecule is CCOc1cc([C@@H](c2c[nH]c3ccccc23)C2C(=O)OC(C)(C)OC2=O)cc(I)c1OCc1ccccc1Cl. The second-order valence-electron chi connectivity index (χ2n) is 9.63. The molecule has 1 atom stereocenters. The molecule has 2 heterocycles. The van der Waals surface area contributed by atoms with Crippen LogP contribution in [0.2, 0.25) is 5.02 Å². The van der Waals surface area contributed by atoms with Gasteiger partial charge in [-0.1, -0.05) is 48.0 Å². The number of aromatic amines is 1. The summed E-state index contributed by atoms with van der Waals surface area (Å²) >= 11 is 8.51. The summed E-state index contributed by atoms with van der Waals surface area (Å²) < 4.78 is 24.0. The van der Waals surface area contributed by atoms with Gasteiger partial charge in [0.1, 0.15) is 6.61 Å². The van der Waals surface area contributed by atoms with Crippen molar-refractivity contribution in [3.63, 3.8) is 0 Å². The van der Waals surface area contributed by atoms with E-state index in [1.807, 2.05) is 73.8 Å². The Hall–Kier alpha value is -3.24. The molecule has 1 saturated heterocycles. The quantitative estimate of drug-likeness (QED) is 0.125. The van der Waals surface area contributed by atoms with Crippen molar-refractivity contribution in [3.8, 4) is 11.5 Å². The number of hydrogen-bond donors (Lipinski definition) is 1. The second kappa shape index (κ2) is 11.1. The first kappa shape index (κ1) is 27.3. The average Bonchev–Trinajstić information content (AvgIpc) is 3.30. The van der Waals surface area contributed by atoms with E-state index in [4.69, 9.17) is 30.5 Å². The van der Waals surface area contributed by atoms with E-state index in [9.17, 15) is 9.59 Å². The average molecular weight is 660 g/mol. The van der Waals surface area contributed by atoms with Crippen molar-refractivity contribution in [2.24, 2.45) is 5.92 Å². The van der Waals surface area contributed by atoms with Gasteiger partial charge in [0.25, 0.3) is 5.79 Å². The highest BCUT2D eigenvalue weighted by molar-refractivity contribution is 14.1. The van der Waals surface area contributed by atoms with E-state index in [1.165, 1.54) is 0 Å². The maximum atomic E-state index is 13.3. The van der Waals surface area contributed by atoms with Crippen molar-refractivity contribution in [3.05, 3.63) is 92.1 Å². The Bertz CT molecular complexity index is 1530. The molecule has 1 N–H and O–H groups in total. The lowest BCUT2D eigenvalue weighted by Crippen LogP contribution is -2.48. The number of fused-ring (bicyclic) bond motifs is 1. The molecule has 1 fully saturated rings. The van der Waals surface area contributed by atoms with Gasteiger partial charge in [0.15, 0.2) is 17.4 Å². The summed E-state index contributed by atoms with van der Waals surface area (Å²) in [5.74, 6) is -3.49. The highest BCUT2D eigenvalue weighted by atomic mass is 127. The Labute approximate surface area is 244 Å². The topological polar surface area (TPSA) is 86.9 Å². The number of rotatable bonds is 8. The van der Waals surface area contributed by atoms with E-state index in [0.29, 0.717) is 28.7 Å². The Morgan fingerprint density at radius 2 is 1.72 bits per heavy atom. The minimum Gasteiger partial charge on any atom is -0.490 e. The number of para-hydroxylation sites is 1. The Morgan fingerprint density at radius 3 is 2.44 bits per heavy atom. The Balaban J connectivity index is 1.61. The third kappa shape index (κ3) is 5.58. The largest absolute Gasteiger partial charge is 0.490 e. The summed E-state index contributed by atoms with van der Waals surface area (Å²) in [6.45, 7) is 5.60. The van der Waals surface area contributed by atoms with Crippen molar-refractivity contribution in [1.29, 1.82) is 0 Å². The molecule has 5 rings (SSSR count). The molecular formula is C30H27ClINO6. The van der Waals surface area contributed by atoms with Crippen LogP contribution in [-0.2, 0) is 25.7 Å². The molecule has 0 saturated carbocycles. The molecule has 0 unspecified atom stereocenters. The monoisotopic (exact) mass is 659 g/mol. The fraction of sp³-hybridized carbons (Fsp3) is 0.267. The van der Waals surface area contributed by atoms with Crippen LogP contribution >= 0.6 is 34.2 Å². The number of ether oxygens (including phenoxy) is 4. The summed E-state index contributed by atoms with van der Waals surface area (Å²) in [5, 5.41) is 1.50. The van der Waals surface area contributed by atoms with E-state index in [-0.39, 0.29) is 6.61 Å². The molecule has 7 nitrogen and oxygen atoms in total. The lowest BCUT2D eigenvalue weighted by atomic mass is 9.80. The molecule has 0 bridgehead atoms. The summed E-state index contributed by atoms with van der Waals surface area (Å²) in [6, 6.07) is 18.9. The maximum Gasteiger partial charge on any atom is 0.324 e. The minimum absolute atomic E-state index is 0.247. The van der Waals surface area contributed by atoms with E-state index < -0.39 is 29.6 Å². The van der Waals surface area contributed by atoms with Crippen LogP contribution in [0.15, 0.2) is 66.9 Å². The first-order valence-electron chi connectivity index (χ1n) is 12.5. The minimum atomic E-state index is -1.34. The van der Waals surface area contributed by atoms with Crippen LogP contribution in [0.25, 0.3) is 10.9 Å². The first-order chi connectivity index (χ1) is 18.7. The van der Waals surface area contributed by atoms with Gasteiger partial charge in [-0.3, -0.25) is 9.59 Å². The molecule has 4 aromatic rings. The molecule has 202 valence electrons. The van der Waals surface area contributed by atoms with Gasteiger partial charge in [0, 0.05) is 47.5 Å². The molecule has 0 amide bonds. The number of carbonyl (C=O) groups is 2. The standard InChI is InChI=1S/C30H27ClINO6/c1-4-36-24-14-18(13-22(32)27(24)37-16-17-9-5-7-11-21(17)31)25(20-15-33-23-12-8-6-10-19(20)23)26-28(34)38-30(2,3)39-29(26)35/h5-15,25-26,33H,4,16H2,1-3H3/t25-/m0/s1. The lowest BCUT2D eigenvalue weighted by Gasteiger charge is -2.36. The van der Waals surface area contributed by atoms with Crippen LogP contribution in [0.3, 0.4) is 0 Å². The van der Waals surface area contributed by atoms with Crippen LogP contribution in [-0.4, -0.2) is 29.3 Å². The predicted molar refractivity (Wildman–Crippen MR) is 156 cm³/mol. The third-order valence-electron chi connectivity index (χ3n) is 6.51. The van der Waals surface area contributed by atoms with Crippen LogP contribution in [0.5, 0.6) is 11.5 Å². The number of cyclic esters (lactones) is 2. The molecule has 9 heteroatoms. The molecular weight excluding hydrogens is 633 g/mol. The fourth-order valence-electron chi connectivity index (χ4n) is 4.84. The number of halogens is 2. The third-order valence-corrected chi connectivity index (χ3v) is 7.68. The van der Waals surface area contributed by atoms with Crippen molar-refractivity contribution in [1.82, 2.24) is 4.98 Å². The van der Waals surface area contributed by atoms with Gasteiger partial charge >= 0.3 is 11.9 Å². The van der Waals surface area contributed by atoms with E-state index in [1.54, 1.807) is 13.8 Å². The molecule has 1 aromatic heterocycles. The van der Waals surface area contributed by atoms with Crippen molar-refractivity contribution < 1.29 is 28.5 Å². The van der Waals surface area contributed by atoms with Crippen LogP contribution in [0.4, 0.5) is 0 Å². The van der Waals surface area contributed by atoms with Crippen molar-refractivity contribution >= 4 is 57.0 Å². The zero-order valence-electron chi connectivity index (χ0n) is 21.6. The van der Waals surface area contributed by atoms with Crippen LogP contribution in [0, 0.1) is 9.49 Å². The van der Waals surface area contributed by atoms with Gasteiger partial charge in [-0.05, 0) is 64.9 Å². The van der Waals surface area contributed by atoms with E-state index in [0.717, 1.165) is 25.6 Å². The Morgan fingerprint density at radius 1 is 1.03 bits per heavy atom. The van der Waals surface area contributed by atoms with Gasteiger partial charge in [-0.25, -0.2) is 0 Å². The molecule has 0 aliphatic carbocycles. The molecule has 0 spiro atoms. The zero-order valence-corrected chi connectivity index (χ0v) is 24.5. The molecule has 1 aliphatic heterocycles. The summed E-state index contributed by atoms with van der Waals surface area (Å²) in [6.07, 6.45) is 1.82. The van der Waals surface area contributed by atoms with Gasteiger partial charge < -0.3 is 23.9 Å². The van der Waals surface area contributed by atoms with Gasteiger partial charge in [0.05, 0.1) is 10.2 Å². The molecule has 1 aliphatic rings. The predicted octanol–water partition coefficient (Wildman–Crippen LogP) is 6.99.